The predicted octanol–water partition coefficient (Wildman–Crippen LogP) is 1.29. The molecule has 4 radical (unpaired) electrons. The second-order valence-electron chi connectivity index (χ2n) is 5.75. The first-order valence-corrected chi connectivity index (χ1v) is 7.73. The van der Waals surface area contributed by atoms with Gasteiger partial charge in [-0.25, -0.2) is 4.79 Å². The summed E-state index contributed by atoms with van der Waals surface area (Å²) in [5, 5.41) is 0. The Hall–Kier alpha value is -2.48. The molecule has 10 heteroatoms. The predicted molar refractivity (Wildman–Crippen MR) is 95.5 cm³/mol. The van der Waals surface area contributed by atoms with Crippen LogP contribution >= 0.6 is 0 Å². The molecule has 0 fully saturated rings. The molecule has 0 aliphatic rings. The molecule has 0 aliphatic heterocycles. The molecule has 0 aromatic heterocycles. The molecule has 0 heterocycles. The van der Waals surface area contributed by atoms with Crippen molar-refractivity contribution in [1.29, 1.82) is 0 Å². The van der Waals surface area contributed by atoms with Crippen molar-refractivity contribution in [2.45, 2.75) is 13.2 Å². The van der Waals surface area contributed by atoms with Crippen LogP contribution < -0.4 is 4.74 Å². The van der Waals surface area contributed by atoms with Gasteiger partial charge in [0, 0.05) is 25.7 Å². The zero-order valence-corrected chi connectivity index (χ0v) is 15.1. The second-order valence-corrected chi connectivity index (χ2v) is 5.75. The van der Waals surface area contributed by atoms with Crippen molar-refractivity contribution in [3.8, 4) is 5.75 Å². The van der Waals surface area contributed by atoms with Crippen LogP contribution in [0.3, 0.4) is 0 Å². The van der Waals surface area contributed by atoms with Crippen LogP contribution in [0.25, 0.3) is 0 Å². The molecule has 1 aromatic carbocycles. The van der Waals surface area contributed by atoms with Crippen LogP contribution in [-0.4, -0.2) is 77.6 Å². The van der Waals surface area contributed by atoms with Crippen LogP contribution in [-0.2, 0) is 22.7 Å². The lowest BCUT2D eigenvalue weighted by Crippen LogP contribution is -2.35. The van der Waals surface area contributed by atoms with Gasteiger partial charge in [-0.2, -0.15) is 0 Å². The highest BCUT2D eigenvalue weighted by molar-refractivity contribution is 6.55. The average molecular weight is 358 g/mol. The molecule has 0 atom stereocenters. The van der Waals surface area contributed by atoms with E-state index in [-0.39, 0.29) is 19.0 Å². The number of carbonyl (C=O) groups is 3. The first-order valence-electron chi connectivity index (χ1n) is 7.73. The molecule has 8 nitrogen and oxygen atoms in total. The maximum atomic E-state index is 12.2. The zero-order valence-electron chi connectivity index (χ0n) is 15.1. The topological polar surface area (TPSA) is 85.4 Å². The summed E-state index contributed by atoms with van der Waals surface area (Å²) in [6, 6.07) is 4.67. The molecule has 0 aliphatic carbocycles. The van der Waals surface area contributed by atoms with E-state index in [1.807, 2.05) is 19.0 Å². The number of ether oxygens (including phenoxy) is 3. The average Bonchev–Trinajstić information content (AvgIpc) is 2.56. The van der Waals surface area contributed by atoms with Gasteiger partial charge in [-0.05, 0) is 31.8 Å². The first kappa shape index (κ1) is 21.6. The summed E-state index contributed by atoms with van der Waals surface area (Å²) in [7, 11) is 15.3. The number of rotatable bonds is 8. The van der Waals surface area contributed by atoms with E-state index in [1.54, 1.807) is 19.2 Å². The molecule has 26 heavy (non-hydrogen) atoms. The lowest BCUT2D eigenvalue weighted by atomic mass is 10.1. The molecule has 0 saturated carbocycles. The van der Waals surface area contributed by atoms with Gasteiger partial charge in [0.15, 0.2) is 0 Å². The summed E-state index contributed by atoms with van der Waals surface area (Å²) >= 11 is 0. The fourth-order valence-corrected chi connectivity index (χ4v) is 1.85. The third kappa shape index (κ3) is 8.06. The van der Waals surface area contributed by atoms with E-state index >= 15 is 0 Å². The third-order valence-electron chi connectivity index (χ3n) is 3.27. The van der Waals surface area contributed by atoms with E-state index in [9.17, 15) is 14.4 Å². The van der Waals surface area contributed by atoms with E-state index < -0.39 is 17.8 Å². The lowest BCUT2D eigenvalue weighted by Gasteiger charge is -2.20. The smallest absolute Gasteiger partial charge is 0.415 e. The van der Waals surface area contributed by atoms with Gasteiger partial charge in [0.2, 0.25) is 27.4 Å². The first-order chi connectivity index (χ1) is 12.2. The Morgan fingerprint density at radius 2 is 1.58 bits per heavy atom. The number of likely N-dealkylation sites (N-methyl/N-ethyl adjacent to an activating group) is 2. The van der Waals surface area contributed by atoms with Crippen molar-refractivity contribution in [1.82, 2.24) is 9.80 Å². The van der Waals surface area contributed by atoms with E-state index in [4.69, 9.17) is 29.9 Å². The fraction of sp³-hybridized carbons (Fsp3) is 0.438. The van der Waals surface area contributed by atoms with E-state index in [1.165, 1.54) is 11.0 Å². The number of hydrogen-bond acceptors (Lipinski definition) is 7. The van der Waals surface area contributed by atoms with Gasteiger partial charge in [-0.3, -0.25) is 9.59 Å². The number of carbonyl (C=O) groups excluding carboxylic acids is 3. The molecule has 1 rings (SSSR count). The molecule has 0 unspecified atom stereocenters. The largest absolute Gasteiger partial charge is 0.470 e. The summed E-state index contributed by atoms with van der Waals surface area (Å²) < 4.78 is 14.8. The summed E-state index contributed by atoms with van der Waals surface area (Å²) in [6.07, 6.45) is -0.562. The Morgan fingerprint density at radius 1 is 0.962 bits per heavy atom. The van der Waals surface area contributed by atoms with Gasteiger partial charge in [0.25, 0.3) is 0 Å². The fourth-order valence-electron chi connectivity index (χ4n) is 1.85. The zero-order chi connectivity index (χ0) is 19.7. The maximum absolute atomic E-state index is 12.2. The molecule has 1 amide bonds. The van der Waals surface area contributed by atoms with E-state index in [0.717, 1.165) is 0 Å². The minimum atomic E-state index is -0.968. The third-order valence-corrected chi connectivity index (χ3v) is 3.27. The van der Waals surface area contributed by atoms with Crippen molar-refractivity contribution in [3.05, 3.63) is 29.3 Å². The van der Waals surface area contributed by atoms with Crippen LogP contribution in [0.15, 0.2) is 18.2 Å². The van der Waals surface area contributed by atoms with Gasteiger partial charge >= 0.3 is 6.09 Å². The summed E-state index contributed by atoms with van der Waals surface area (Å²) in [5.74, 6) is -1.68. The van der Waals surface area contributed by atoms with Crippen LogP contribution in [0.5, 0.6) is 5.75 Å². The molecule has 0 bridgehead atoms. The van der Waals surface area contributed by atoms with Gasteiger partial charge in [0.05, 0.1) is 0 Å². The molecular formula is C16H20B2N2O6. The number of amides is 1. The van der Waals surface area contributed by atoms with Crippen LogP contribution in [0.1, 0.15) is 11.1 Å². The molecule has 1 aromatic rings. The van der Waals surface area contributed by atoms with Gasteiger partial charge in [0.1, 0.15) is 19.0 Å². The SMILES string of the molecule is [B]C(=O)OCc1ccc(OC(=O)N(C)CCN(C)C)c(COC([B])=O)c1. The molecular weight excluding hydrogens is 338 g/mol. The highest BCUT2D eigenvalue weighted by atomic mass is 16.6. The highest BCUT2D eigenvalue weighted by Crippen LogP contribution is 2.22. The lowest BCUT2D eigenvalue weighted by molar-refractivity contribution is 0.154. The molecule has 0 N–H and O–H groups in total. The van der Waals surface area contributed by atoms with Crippen molar-refractivity contribution in [3.63, 3.8) is 0 Å². The molecule has 136 valence electrons. The van der Waals surface area contributed by atoms with Crippen LogP contribution in [0.4, 0.5) is 14.4 Å². The maximum Gasteiger partial charge on any atom is 0.415 e. The number of nitrogens with zero attached hydrogens (tertiary/aromatic N) is 2. The Kier molecular flexibility index (Phi) is 8.71. The Bertz CT molecular complexity index is 654. The summed E-state index contributed by atoms with van der Waals surface area (Å²) in [4.78, 5) is 37.1. The van der Waals surface area contributed by atoms with E-state index in [2.05, 4.69) is 0 Å². The van der Waals surface area contributed by atoms with Gasteiger partial charge < -0.3 is 24.0 Å². The monoisotopic (exact) mass is 358 g/mol. The van der Waals surface area contributed by atoms with Gasteiger partial charge in [-0.1, -0.05) is 6.07 Å². The summed E-state index contributed by atoms with van der Waals surface area (Å²) in [5.41, 5.74) is 0.969. The number of hydrogen-bond donors (Lipinski definition) is 0. The Balaban J connectivity index is 2.87. The standard InChI is InChI=1S/C16H20B2N2O6/c1-19(2)6-7-20(3)16(23)26-13-5-4-11(9-24-14(17)21)8-12(13)10-25-15(18)22/h4-5,8H,6-7,9-10H2,1-3H3. The summed E-state index contributed by atoms with van der Waals surface area (Å²) in [6.45, 7) is 0.871. The van der Waals surface area contributed by atoms with Crippen molar-refractivity contribution < 1.29 is 28.6 Å². The van der Waals surface area contributed by atoms with Crippen molar-refractivity contribution in [2.75, 3.05) is 34.2 Å². The molecule has 0 saturated heterocycles. The highest BCUT2D eigenvalue weighted by Gasteiger charge is 2.15. The molecule has 0 spiro atoms. The minimum absolute atomic E-state index is 0.0735. The Morgan fingerprint density at radius 3 is 2.15 bits per heavy atom. The normalized spacial score (nSPS) is 10.3. The quantitative estimate of drug-likeness (QED) is 0.648. The van der Waals surface area contributed by atoms with Crippen molar-refractivity contribution >= 4 is 33.5 Å². The van der Waals surface area contributed by atoms with Crippen LogP contribution in [0, 0.1) is 0 Å². The van der Waals surface area contributed by atoms with Crippen molar-refractivity contribution in [2.24, 2.45) is 0 Å². The van der Waals surface area contributed by atoms with E-state index in [0.29, 0.717) is 24.2 Å². The minimum Gasteiger partial charge on any atom is -0.470 e. The second kappa shape index (κ2) is 10.5. The van der Waals surface area contributed by atoms with Gasteiger partial charge in [-0.15, -0.1) is 0 Å². The Labute approximate surface area is 155 Å². The number of benzene rings is 1. The van der Waals surface area contributed by atoms with Crippen LogP contribution in [0.2, 0.25) is 0 Å².